The Balaban J connectivity index is 0.00000242. The molecule has 22 heavy (non-hydrogen) atoms. The van der Waals surface area contributed by atoms with Gasteiger partial charge in [-0.1, -0.05) is 0 Å². The third-order valence-electron chi connectivity index (χ3n) is 3.65. The highest BCUT2D eigenvalue weighted by atomic mass is 35.5. The first kappa shape index (κ1) is 18.4. The molecule has 0 radical (unpaired) electrons. The molecule has 0 saturated heterocycles. The van der Waals surface area contributed by atoms with Gasteiger partial charge in [-0.25, -0.2) is 4.39 Å². The fourth-order valence-electron chi connectivity index (χ4n) is 2.48. The van der Waals surface area contributed by atoms with Gasteiger partial charge < -0.3 is 16.4 Å². The standard InChI is InChI=1S/C15H20FN3O2.ClH/c1-9(20)18-14-8-10(2-7-13(14)16)15(21)19-12-5-3-11(17)4-6-12;/h2,7-8,11-12H,3-6,17H2,1H3,(H,18,20)(H,19,21);1H. The lowest BCUT2D eigenvalue weighted by Crippen LogP contribution is -2.40. The highest BCUT2D eigenvalue weighted by Crippen LogP contribution is 2.19. The Labute approximate surface area is 135 Å². The smallest absolute Gasteiger partial charge is 0.251 e. The van der Waals surface area contributed by atoms with Crippen molar-refractivity contribution in [2.45, 2.75) is 44.7 Å². The average molecular weight is 330 g/mol. The monoisotopic (exact) mass is 329 g/mol. The molecule has 5 nitrogen and oxygen atoms in total. The fraction of sp³-hybridized carbons (Fsp3) is 0.467. The third-order valence-corrected chi connectivity index (χ3v) is 3.65. The topological polar surface area (TPSA) is 84.2 Å². The molecule has 1 aromatic rings. The van der Waals surface area contributed by atoms with Crippen LogP contribution in [0.2, 0.25) is 0 Å². The van der Waals surface area contributed by atoms with Crippen LogP contribution in [-0.4, -0.2) is 23.9 Å². The lowest BCUT2D eigenvalue weighted by molar-refractivity contribution is -0.114. The zero-order valence-corrected chi connectivity index (χ0v) is 13.2. The Morgan fingerprint density at radius 3 is 2.45 bits per heavy atom. The zero-order chi connectivity index (χ0) is 15.4. The predicted octanol–water partition coefficient (Wildman–Crippen LogP) is 2.21. The number of nitrogens with two attached hydrogens (primary N) is 1. The molecule has 0 aromatic heterocycles. The van der Waals surface area contributed by atoms with Crippen LogP contribution in [0.3, 0.4) is 0 Å². The van der Waals surface area contributed by atoms with Crippen LogP contribution >= 0.6 is 12.4 Å². The fourth-order valence-corrected chi connectivity index (χ4v) is 2.48. The Hall–Kier alpha value is -1.66. The molecule has 0 spiro atoms. The van der Waals surface area contributed by atoms with Crippen LogP contribution in [0.4, 0.5) is 10.1 Å². The van der Waals surface area contributed by atoms with Crippen LogP contribution in [0.5, 0.6) is 0 Å². The van der Waals surface area contributed by atoms with Gasteiger partial charge in [-0.2, -0.15) is 0 Å². The van der Waals surface area contributed by atoms with Crippen LogP contribution in [0, 0.1) is 5.82 Å². The number of hydrogen-bond acceptors (Lipinski definition) is 3. The summed E-state index contributed by atoms with van der Waals surface area (Å²) in [5.74, 6) is -1.21. The number of halogens is 2. The molecule has 1 aliphatic rings. The number of carbonyl (C=O) groups excluding carboxylic acids is 2. The van der Waals surface area contributed by atoms with E-state index in [1.54, 1.807) is 0 Å². The number of benzene rings is 1. The van der Waals surface area contributed by atoms with Crippen LogP contribution in [0.15, 0.2) is 18.2 Å². The molecular formula is C15H21ClFN3O2. The second kappa shape index (κ2) is 8.10. The van der Waals surface area contributed by atoms with Crippen molar-refractivity contribution < 1.29 is 14.0 Å². The average Bonchev–Trinajstić information content (AvgIpc) is 2.43. The van der Waals surface area contributed by atoms with Crippen LogP contribution < -0.4 is 16.4 Å². The van der Waals surface area contributed by atoms with Gasteiger partial charge in [-0.15, -0.1) is 12.4 Å². The molecule has 2 rings (SSSR count). The number of nitrogens with one attached hydrogen (secondary N) is 2. The lowest BCUT2D eigenvalue weighted by atomic mass is 9.91. The van der Waals surface area contributed by atoms with E-state index in [0.29, 0.717) is 5.56 Å². The Bertz CT molecular complexity index is 546. The minimum absolute atomic E-state index is 0. The van der Waals surface area contributed by atoms with E-state index in [1.807, 2.05) is 0 Å². The van der Waals surface area contributed by atoms with E-state index in [1.165, 1.54) is 25.1 Å². The quantitative estimate of drug-likeness (QED) is 0.795. The first-order chi connectivity index (χ1) is 9.95. The summed E-state index contributed by atoms with van der Waals surface area (Å²) >= 11 is 0. The summed E-state index contributed by atoms with van der Waals surface area (Å²) in [6.07, 6.45) is 3.50. The molecule has 1 fully saturated rings. The van der Waals surface area contributed by atoms with Crippen molar-refractivity contribution in [3.63, 3.8) is 0 Å². The molecule has 0 atom stereocenters. The maximum absolute atomic E-state index is 13.5. The normalized spacial score (nSPS) is 20.7. The first-order valence-corrected chi connectivity index (χ1v) is 7.09. The van der Waals surface area contributed by atoms with Gasteiger partial charge in [0.05, 0.1) is 5.69 Å². The predicted molar refractivity (Wildman–Crippen MR) is 85.6 cm³/mol. The second-order valence-corrected chi connectivity index (χ2v) is 5.46. The van der Waals surface area contributed by atoms with Gasteiger partial charge in [0.1, 0.15) is 5.82 Å². The molecule has 0 bridgehead atoms. The van der Waals surface area contributed by atoms with Gasteiger partial charge in [0.2, 0.25) is 5.91 Å². The molecule has 0 aliphatic heterocycles. The van der Waals surface area contributed by atoms with Gasteiger partial charge in [0.25, 0.3) is 5.91 Å². The number of hydrogen-bond donors (Lipinski definition) is 3. The summed E-state index contributed by atoms with van der Waals surface area (Å²) in [6, 6.07) is 4.25. The number of carbonyl (C=O) groups is 2. The molecule has 0 heterocycles. The number of amides is 2. The summed E-state index contributed by atoms with van der Waals surface area (Å²) in [4.78, 5) is 23.2. The van der Waals surface area contributed by atoms with Gasteiger partial charge in [-0.3, -0.25) is 9.59 Å². The Morgan fingerprint density at radius 1 is 1.23 bits per heavy atom. The molecule has 1 aliphatic carbocycles. The summed E-state index contributed by atoms with van der Waals surface area (Å²) in [7, 11) is 0. The van der Waals surface area contributed by atoms with Crippen molar-refractivity contribution >= 4 is 29.9 Å². The van der Waals surface area contributed by atoms with Crippen molar-refractivity contribution in [1.29, 1.82) is 0 Å². The van der Waals surface area contributed by atoms with Gasteiger partial charge >= 0.3 is 0 Å². The zero-order valence-electron chi connectivity index (χ0n) is 12.4. The minimum atomic E-state index is -0.564. The SMILES string of the molecule is CC(=O)Nc1cc(C(=O)NC2CCC(N)CC2)ccc1F.Cl. The molecule has 7 heteroatoms. The van der Waals surface area contributed by atoms with Crippen molar-refractivity contribution in [1.82, 2.24) is 5.32 Å². The van der Waals surface area contributed by atoms with E-state index < -0.39 is 5.82 Å². The van der Waals surface area contributed by atoms with E-state index in [2.05, 4.69) is 10.6 Å². The largest absolute Gasteiger partial charge is 0.349 e. The van der Waals surface area contributed by atoms with E-state index in [0.717, 1.165) is 25.7 Å². The summed E-state index contributed by atoms with van der Waals surface area (Å²) in [5, 5.41) is 5.29. The summed E-state index contributed by atoms with van der Waals surface area (Å²) in [6.45, 7) is 1.29. The second-order valence-electron chi connectivity index (χ2n) is 5.46. The highest BCUT2D eigenvalue weighted by molar-refractivity contribution is 5.97. The van der Waals surface area contributed by atoms with E-state index in [4.69, 9.17) is 5.73 Å². The molecule has 4 N–H and O–H groups in total. The Morgan fingerprint density at radius 2 is 1.86 bits per heavy atom. The van der Waals surface area contributed by atoms with E-state index >= 15 is 0 Å². The van der Waals surface area contributed by atoms with Crippen molar-refractivity contribution in [3.8, 4) is 0 Å². The first-order valence-electron chi connectivity index (χ1n) is 7.09. The molecular weight excluding hydrogens is 309 g/mol. The third kappa shape index (κ3) is 4.96. The maximum Gasteiger partial charge on any atom is 0.251 e. The van der Waals surface area contributed by atoms with Gasteiger partial charge in [-0.05, 0) is 43.9 Å². The minimum Gasteiger partial charge on any atom is -0.349 e. The van der Waals surface area contributed by atoms with E-state index in [9.17, 15) is 14.0 Å². The molecule has 1 aromatic carbocycles. The lowest BCUT2D eigenvalue weighted by Gasteiger charge is -2.26. The van der Waals surface area contributed by atoms with Crippen LogP contribution in [0.25, 0.3) is 0 Å². The van der Waals surface area contributed by atoms with Crippen molar-refractivity contribution in [2.24, 2.45) is 5.73 Å². The number of rotatable bonds is 3. The van der Waals surface area contributed by atoms with Crippen molar-refractivity contribution in [3.05, 3.63) is 29.6 Å². The van der Waals surface area contributed by atoms with Crippen LogP contribution in [0.1, 0.15) is 43.0 Å². The Kier molecular flexibility index (Phi) is 6.77. The summed E-state index contributed by atoms with van der Waals surface area (Å²) < 4.78 is 13.5. The molecule has 0 unspecified atom stereocenters. The number of anilines is 1. The summed E-state index contributed by atoms with van der Waals surface area (Å²) in [5.41, 5.74) is 6.17. The van der Waals surface area contributed by atoms with E-state index in [-0.39, 0.29) is 42.0 Å². The van der Waals surface area contributed by atoms with Crippen LogP contribution in [-0.2, 0) is 4.79 Å². The molecule has 1 saturated carbocycles. The highest BCUT2D eigenvalue weighted by Gasteiger charge is 2.21. The maximum atomic E-state index is 13.5. The molecule has 122 valence electrons. The van der Waals surface area contributed by atoms with Gasteiger partial charge in [0.15, 0.2) is 0 Å². The molecule has 2 amide bonds. The van der Waals surface area contributed by atoms with Gasteiger partial charge in [0, 0.05) is 24.6 Å². The van der Waals surface area contributed by atoms with Crippen molar-refractivity contribution in [2.75, 3.05) is 5.32 Å².